The largest absolute Gasteiger partial charge is 0.351 e. The van der Waals surface area contributed by atoms with Gasteiger partial charge in [0.1, 0.15) is 6.10 Å². The standard InChI is InChI=1S/C3H5ClO2/c1-2-3(4,5)6-2/h2,5H,1H3/t2?,3-/m0/s1. The molecule has 1 heterocycles. The van der Waals surface area contributed by atoms with Gasteiger partial charge in [0.15, 0.2) is 0 Å². The number of hydrogen-bond acceptors (Lipinski definition) is 2. The van der Waals surface area contributed by atoms with Crippen LogP contribution < -0.4 is 0 Å². The molecule has 2 atom stereocenters. The lowest BCUT2D eigenvalue weighted by molar-refractivity contribution is 0.116. The SMILES string of the molecule is CC1O[C@]1(O)Cl. The Balaban J connectivity index is 2.41. The average molecular weight is 109 g/mol. The van der Waals surface area contributed by atoms with E-state index in [1.54, 1.807) is 6.92 Å². The van der Waals surface area contributed by atoms with Gasteiger partial charge in [-0.2, -0.15) is 0 Å². The van der Waals surface area contributed by atoms with Gasteiger partial charge in [-0.05, 0) is 6.92 Å². The predicted molar refractivity (Wildman–Crippen MR) is 21.3 cm³/mol. The minimum Gasteiger partial charge on any atom is -0.351 e. The maximum Gasteiger partial charge on any atom is 0.273 e. The van der Waals surface area contributed by atoms with Crippen molar-refractivity contribution in [3.63, 3.8) is 0 Å². The fraction of sp³-hybridized carbons (Fsp3) is 1.00. The Morgan fingerprint density at radius 1 is 2.00 bits per heavy atom. The summed E-state index contributed by atoms with van der Waals surface area (Å²) >= 11 is 5.12. The van der Waals surface area contributed by atoms with E-state index in [-0.39, 0.29) is 6.10 Å². The molecular weight excluding hydrogens is 103 g/mol. The summed E-state index contributed by atoms with van der Waals surface area (Å²) < 4.78 is 4.43. The van der Waals surface area contributed by atoms with Gasteiger partial charge < -0.3 is 9.84 Å². The Bertz CT molecular complexity index is 71.2. The molecule has 1 aliphatic heterocycles. The Hall–Kier alpha value is 0.210. The first-order chi connectivity index (χ1) is 2.63. The number of halogens is 1. The summed E-state index contributed by atoms with van der Waals surface area (Å²) in [5.41, 5.74) is 0. The minimum atomic E-state index is -1.32. The molecule has 3 heteroatoms. The van der Waals surface area contributed by atoms with E-state index in [4.69, 9.17) is 16.7 Å². The summed E-state index contributed by atoms with van der Waals surface area (Å²) in [5, 5.41) is 7.12. The van der Waals surface area contributed by atoms with Crippen LogP contribution in [0.5, 0.6) is 0 Å². The van der Waals surface area contributed by atoms with E-state index in [0.717, 1.165) is 0 Å². The van der Waals surface area contributed by atoms with E-state index in [1.807, 2.05) is 0 Å². The predicted octanol–water partition coefficient (Wildman–Crippen LogP) is 0.290. The molecule has 1 aliphatic rings. The summed E-state index contributed by atoms with van der Waals surface area (Å²) in [7, 11) is 0. The first-order valence-electron chi connectivity index (χ1n) is 1.72. The lowest BCUT2D eigenvalue weighted by atomic mass is 10.5. The topological polar surface area (TPSA) is 32.8 Å². The molecule has 0 radical (unpaired) electrons. The molecule has 0 saturated carbocycles. The van der Waals surface area contributed by atoms with Crippen LogP contribution in [0.1, 0.15) is 6.92 Å². The highest BCUT2D eigenvalue weighted by Gasteiger charge is 2.50. The maximum absolute atomic E-state index is 8.44. The molecule has 0 bridgehead atoms. The molecular formula is C3H5ClO2. The molecule has 1 unspecified atom stereocenters. The van der Waals surface area contributed by atoms with Gasteiger partial charge in [0.2, 0.25) is 0 Å². The Morgan fingerprint density at radius 3 is 2.17 bits per heavy atom. The third-order valence-corrected chi connectivity index (χ3v) is 1.18. The van der Waals surface area contributed by atoms with Crippen LogP contribution in [0.2, 0.25) is 0 Å². The van der Waals surface area contributed by atoms with Crippen LogP contribution >= 0.6 is 11.6 Å². The lowest BCUT2D eigenvalue weighted by Gasteiger charge is -1.81. The average Bonchev–Trinajstić information content (AvgIpc) is 1.73. The van der Waals surface area contributed by atoms with Gasteiger partial charge in [-0.25, -0.2) is 0 Å². The summed E-state index contributed by atoms with van der Waals surface area (Å²) in [6.45, 7) is 1.70. The molecule has 6 heavy (non-hydrogen) atoms. The summed E-state index contributed by atoms with van der Waals surface area (Å²) in [6.07, 6.45) is -0.181. The van der Waals surface area contributed by atoms with Crippen molar-refractivity contribution in [3.05, 3.63) is 0 Å². The summed E-state index contributed by atoms with van der Waals surface area (Å²) in [6, 6.07) is 0. The monoisotopic (exact) mass is 108 g/mol. The number of hydrogen-bond donors (Lipinski definition) is 1. The van der Waals surface area contributed by atoms with Crippen molar-refractivity contribution < 1.29 is 9.84 Å². The fourth-order valence-corrected chi connectivity index (χ4v) is 0.348. The van der Waals surface area contributed by atoms with E-state index < -0.39 is 5.25 Å². The van der Waals surface area contributed by atoms with Crippen LogP contribution in [-0.4, -0.2) is 16.5 Å². The molecule has 1 N–H and O–H groups in total. The number of aliphatic hydroxyl groups is 1. The smallest absolute Gasteiger partial charge is 0.273 e. The van der Waals surface area contributed by atoms with Crippen molar-refractivity contribution in [1.29, 1.82) is 0 Å². The maximum atomic E-state index is 8.44. The second kappa shape index (κ2) is 0.886. The minimum absolute atomic E-state index is 0.181. The highest BCUT2D eigenvalue weighted by atomic mass is 35.5. The molecule has 36 valence electrons. The first kappa shape index (κ1) is 4.37. The third-order valence-electron chi connectivity index (χ3n) is 0.786. The summed E-state index contributed by atoms with van der Waals surface area (Å²) in [4.78, 5) is 0. The Morgan fingerprint density at radius 2 is 2.17 bits per heavy atom. The second-order valence-corrected chi connectivity index (χ2v) is 1.91. The van der Waals surface area contributed by atoms with Crippen molar-refractivity contribution in [2.75, 3.05) is 0 Å². The number of alkyl halides is 1. The first-order valence-corrected chi connectivity index (χ1v) is 2.10. The van der Waals surface area contributed by atoms with E-state index in [1.165, 1.54) is 0 Å². The van der Waals surface area contributed by atoms with Gasteiger partial charge in [-0.15, -0.1) is 0 Å². The van der Waals surface area contributed by atoms with Crippen LogP contribution in [0, 0.1) is 0 Å². The number of rotatable bonds is 0. The Labute approximate surface area is 40.7 Å². The van der Waals surface area contributed by atoms with E-state index in [2.05, 4.69) is 4.74 Å². The van der Waals surface area contributed by atoms with Crippen molar-refractivity contribution >= 4 is 11.6 Å². The number of ether oxygens (including phenoxy) is 1. The van der Waals surface area contributed by atoms with Crippen molar-refractivity contribution in [3.8, 4) is 0 Å². The zero-order valence-corrected chi connectivity index (χ0v) is 4.07. The van der Waals surface area contributed by atoms with Crippen LogP contribution in [0.3, 0.4) is 0 Å². The van der Waals surface area contributed by atoms with Gasteiger partial charge >= 0.3 is 0 Å². The third kappa shape index (κ3) is 0.511. The van der Waals surface area contributed by atoms with Crippen molar-refractivity contribution in [2.45, 2.75) is 18.3 Å². The number of epoxide rings is 1. The van der Waals surface area contributed by atoms with Gasteiger partial charge in [-0.1, -0.05) is 11.6 Å². The highest BCUT2D eigenvalue weighted by molar-refractivity contribution is 6.23. The van der Waals surface area contributed by atoms with Gasteiger partial charge in [0, 0.05) is 0 Å². The van der Waals surface area contributed by atoms with Crippen LogP contribution in [0.4, 0.5) is 0 Å². The van der Waals surface area contributed by atoms with Gasteiger partial charge in [0.25, 0.3) is 5.25 Å². The molecule has 0 aliphatic carbocycles. The van der Waals surface area contributed by atoms with E-state index >= 15 is 0 Å². The quantitative estimate of drug-likeness (QED) is 0.357. The molecule has 2 nitrogen and oxygen atoms in total. The molecule has 1 fully saturated rings. The van der Waals surface area contributed by atoms with E-state index in [0.29, 0.717) is 0 Å². The van der Waals surface area contributed by atoms with Crippen LogP contribution in [-0.2, 0) is 4.74 Å². The fourth-order valence-electron chi connectivity index (χ4n) is 0.214. The van der Waals surface area contributed by atoms with Crippen LogP contribution in [0.15, 0.2) is 0 Å². The van der Waals surface area contributed by atoms with Gasteiger partial charge in [-0.3, -0.25) is 0 Å². The van der Waals surface area contributed by atoms with Crippen LogP contribution in [0.25, 0.3) is 0 Å². The van der Waals surface area contributed by atoms with E-state index in [9.17, 15) is 0 Å². The molecule has 0 amide bonds. The zero-order valence-electron chi connectivity index (χ0n) is 3.31. The Kier molecular flexibility index (Phi) is 0.645. The zero-order chi connectivity index (χ0) is 4.78. The molecule has 1 rings (SSSR count). The normalized spacial score (nSPS) is 55.5. The molecule has 0 spiro atoms. The second-order valence-electron chi connectivity index (χ2n) is 1.37. The molecule has 0 aromatic rings. The molecule has 0 aromatic heterocycles. The summed E-state index contributed by atoms with van der Waals surface area (Å²) in [5.74, 6) is 0. The van der Waals surface area contributed by atoms with Crippen molar-refractivity contribution in [2.24, 2.45) is 0 Å². The van der Waals surface area contributed by atoms with Crippen molar-refractivity contribution in [1.82, 2.24) is 0 Å². The highest BCUT2D eigenvalue weighted by Crippen LogP contribution is 2.36. The molecule has 1 saturated heterocycles. The lowest BCUT2D eigenvalue weighted by Crippen LogP contribution is -1.98. The molecule has 0 aromatic carbocycles. The van der Waals surface area contributed by atoms with Gasteiger partial charge in [0.05, 0.1) is 0 Å².